The third-order valence-electron chi connectivity index (χ3n) is 0.0962. The first-order chi connectivity index (χ1) is 1.91. The Morgan fingerprint density at radius 1 is 2.00 bits per heavy atom. The molecule has 4 heavy (non-hydrogen) atoms. The molecule has 0 saturated heterocycles. The summed E-state index contributed by atoms with van der Waals surface area (Å²) in [6.07, 6.45) is 0. The Balaban J connectivity index is 1.97. The zero-order valence-corrected chi connectivity index (χ0v) is 2.27. The smallest absolute Gasteiger partial charge is 0.0989 e. The van der Waals surface area contributed by atoms with Gasteiger partial charge in [-0.3, -0.25) is 0 Å². The summed E-state index contributed by atoms with van der Waals surface area (Å²) in [5, 5.41) is 9.12. The van der Waals surface area contributed by atoms with Crippen LogP contribution in [-0.2, 0) is 5.11 Å². The summed E-state index contributed by atoms with van der Waals surface area (Å²) < 4.78 is 0. The highest BCUT2D eigenvalue weighted by Crippen LogP contribution is 1.46. The van der Waals surface area contributed by atoms with Gasteiger partial charge in [-0.1, -0.05) is 0 Å². The molecular weight excluding hydrogens is 54.0 g/mol. The summed E-state index contributed by atoms with van der Waals surface area (Å²) in [7, 11) is 0. The monoisotopic (exact) mass is 59.0 g/mol. The predicted octanol–water partition coefficient (Wildman–Crippen LogP) is -0.463. The Bertz CT molecular complexity index is 8.00. The van der Waals surface area contributed by atoms with E-state index in [0.717, 1.165) is 6.54 Å². The Kier molecular flexibility index (Phi) is 2.86. The predicted molar refractivity (Wildman–Crippen MR) is 14.0 cm³/mol. The van der Waals surface area contributed by atoms with Crippen LogP contribution in [0.25, 0.3) is 0 Å². The van der Waals surface area contributed by atoms with Crippen LogP contribution in [0.15, 0.2) is 0 Å². The molecular formula is C2H5NO. The first-order valence-corrected chi connectivity index (χ1v) is 1.03. The molecule has 0 aliphatic heterocycles. The number of rotatable bonds is 1. The van der Waals surface area contributed by atoms with Gasteiger partial charge in [0.05, 0.1) is 6.61 Å². The molecule has 0 aliphatic carbocycles. The maximum Gasteiger partial charge on any atom is 0.0989 e. The second kappa shape index (κ2) is 2.92. The van der Waals surface area contributed by atoms with Gasteiger partial charge in [-0.15, -0.1) is 0 Å². The average Bonchev–Trinajstić information content (AvgIpc) is 1.37. The fourth-order valence-corrected chi connectivity index (χ4v) is 0. The maximum absolute atomic E-state index is 9.12. The van der Waals surface area contributed by atoms with Crippen molar-refractivity contribution in [2.75, 3.05) is 6.61 Å². The number of hydrogen-bond acceptors (Lipinski definition) is 1. The maximum atomic E-state index is 9.12. The molecule has 0 aromatic carbocycles. The zero-order valence-electron chi connectivity index (χ0n) is 2.27. The van der Waals surface area contributed by atoms with Crippen molar-refractivity contribution in [1.82, 2.24) is 0 Å². The van der Waals surface area contributed by atoms with E-state index < -0.39 is 0 Å². The highest BCUT2D eigenvalue weighted by Gasteiger charge is 1.61. The van der Waals surface area contributed by atoms with Crippen molar-refractivity contribution in [2.24, 2.45) is 5.73 Å². The highest BCUT2D eigenvalue weighted by atomic mass is 16.3. The lowest BCUT2D eigenvalue weighted by molar-refractivity contribution is 0.219. The lowest BCUT2D eigenvalue weighted by Crippen LogP contribution is -1.91. The van der Waals surface area contributed by atoms with Crippen molar-refractivity contribution < 1.29 is 5.11 Å². The Labute approximate surface area is 25.2 Å². The van der Waals surface area contributed by atoms with E-state index in [1.807, 2.05) is 0 Å². The first-order valence-electron chi connectivity index (χ1n) is 1.03. The van der Waals surface area contributed by atoms with Gasteiger partial charge in [-0.05, 0) is 0 Å². The SMILES string of the molecule is N[CH]C[O]. The summed E-state index contributed by atoms with van der Waals surface area (Å²) in [6, 6.07) is 0. The molecule has 24 valence electrons. The molecule has 2 nitrogen and oxygen atoms in total. The minimum atomic E-state index is -0.278. The van der Waals surface area contributed by atoms with Crippen LogP contribution in [0.3, 0.4) is 0 Å². The van der Waals surface area contributed by atoms with Crippen molar-refractivity contribution in [3.63, 3.8) is 0 Å². The molecule has 0 rings (SSSR count). The quantitative estimate of drug-likeness (QED) is 0.436. The van der Waals surface area contributed by atoms with E-state index in [1.54, 1.807) is 0 Å². The molecule has 0 saturated carbocycles. The second-order valence-corrected chi connectivity index (χ2v) is 0.402. The summed E-state index contributed by atoms with van der Waals surface area (Å²) in [6.45, 7) is 0.792. The highest BCUT2D eigenvalue weighted by molar-refractivity contribution is 4.42. The molecule has 0 unspecified atom stereocenters. The molecule has 0 bridgehead atoms. The van der Waals surface area contributed by atoms with Gasteiger partial charge in [0.1, 0.15) is 0 Å². The molecule has 2 radical (unpaired) electrons. The van der Waals surface area contributed by atoms with Crippen LogP contribution in [-0.4, -0.2) is 6.61 Å². The van der Waals surface area contributed by atoms with Gasteiger partial charge in [0.25, 0.3) is 0 Å². The van der Waals surface area contributed by atoms with E-state index in [0.29, 0.717) is 0 Å². The standard InChI is InChI=1S/C2H5NO/c3-1-2-4/h1H,2-3H2. The van der Waals surface area contributed by atoms with Gasteiger partial charge >= 0.3 is 0 Å². The molecule has 0 aliphatic rings. The summed E-state index contributed by atoms with van der Waals surface area (Å²) in [5.74, 6) is 0. The minimum absolute atomic E-state index is 0.278. The minimum Gasteiger partial charge on any atom is -0.324 e. The topological polar surface area (TPSA) is 45.9 Å². The second-order valence-electron chi connectivity index (χ2n) is 0.402. The van der Waals surface area contributed by atoms with E-state index in [2.05, 4.69) is 5.73 Å². The van der Waals surface area contributed by atoms with Crippen LogP contribution < -0.4 is 5.73 Å². The van der Waals surface area contributed by atoms with Gasteiger partial charge in [0, 0.05) is 6.54 Å². The molecule has 0 fully saturated rings. The van der Waals surface area contributed by atoms with Crippen LogP contribution >= 0.6 is 0 Å². The zero-order chi connectivity index (χ0) is 3.41. The number of hydrogen-bond donors (Lipinski definition) is 1. The van der Waals surface area contributed by atoms with Crippen molar-refractivity contribution in [3.05, 3.63) is 6.54 Å². The van der Waals surface area contributed by atoms with Gasteiger partial charge in [0.15, 0.2) is 0 Å². The van der Waals surface area contributed by atoms with Crippen LogP contribution in [0.4, 0.5) is 0 Å². The van der Waals surface area contributed by atoms with Gasteiger partial charge in [0.2, 0.25) is 0 Å². The van der Waals surface area contributed by atoms with Crippen molar-refractivity contribution in [1.29, 1.82) is 0 Å². The molecule has 0 spiro atoms. The van der Waals surface area contributed by atoms with E-state index in [4.69, 9.17) is 5.11 Å². The molecule has 0 aromatic heterocycles. The van der Waals surface area contributed by atoms with Crippen molar-refractivity contribution >= 4 is 0 Å². The third-order valence-corrected chi connectivity index (χ3v) is 0.0962. The van der Waals surface area contributed by atoms with E-state index in [1.165, 1.54) is 0 Å². The Morgan fingerprint density at radius 3 is 2.25 bits per heavy atom. The van der Waals surface area contributed by atoms with Crippen molar-refractivity contribution in [2.45, 2.75) is 0 Å². The molecule has 0 amide bonds. The summed E-state index contributed by atoms with van der Waals surface area (Å²) in [4.78, 5) is 0. The summed E-state index contributed by atoms with van der Waals surface area (Å²) in [5.41, 5.74) is 4.59. The number of nitrogens with two attached hydrogens (primary N) is 1. The summed E-state index contributed by atoms with van der Waals surface area (Å²) >= 11 is 0. The average molecular weight is 59.1 g/mol. The molecule has 0 heterocycles. The largest absolute Gasteiger partial charge is 0.324 e. The Hall–Kier alpha value is -0.0800. The van der Waals surface area contributed by atoms with Crippen LogP contribution in [0.5, 0.6) is 0 Å². The fourth-order valence-electron chi connectivity index (χ4n) is 0. The normalized spacial score (nSPS) is 7.50. The van der Waals surface area contributed by atoms with Crippen LogP contribution in [0.1, 0.15) is 0 Å². The molecule has 0 atom stereocenters. The molecule has 2 N–H and O–H groups in total. The Morgan fingerprint density at radius 2 is 2.25 bits per heavy atom. The first kappa shape index (κ1) is 3.92. The van der Waals surface area contributed by atoms with Crippen LogP contribution in [0.2, 0.25) is 0 Å². The third kappa shape index (κ3) is 1.92. The van der Waals surface area contributed by atoms with Crippen LogP contribution in [0, 0.1) is 6.54 Å². The lowest BCUT2D eigenvalue weighted by Gasteiger charge is -1.65. The fraction of sp³-hybridized carbons (Fsp3) is 0.500. The van der Waals surface area contributed by atoms with Gasteiger partial charge in [-0.2, -0.15) is 0 Å². The van der Waals surface area contributed by atoms with Crippen molar-refractivity contribution in [3.8, 4) is 0 Å². The van der Waals surface area contributed by atoms with E-state index in [9.17, 15) is 0 Å². The molecule has 2 heteroatoms. The van der Waals surface area contributed by atoms with E-state index in [-0.39, 0.29) is 6.61 Å². The van der Waals surface area contributed by atoms with E-state index >= 15 is 0 Å². The molecule has 0 aromatic rings. The van der Waals surface area contributed by atoms with Gasteiger partial charge < -0.3 is 5.73 Å². The lowest BCUT2D eigenvalue weighted by atomic mass is 10.8. The van der Waals surface area contributed by atoms with Gasteiger partial charge in [-0.25, -0.2) is 5.11 Å².